The van der Waals surface area contributed by atoms with Gasteiger partial charge in [0.25, 0.3) is 0 Å². The number of anilines is 2. The van der Waals surface area contributed by atoms with E-state index in [2.05, 4.69) is 15.0 Å². The summed E-state index contributed by atoms with van der Waals surface area (Å²) in [6.45, 7) is 1.33. The molecule has 0 bridgehead atoms. The van der Waals surface area contributed by atoms with E-state index in [9.17, 15) is 8.78 Å². The van der Waals surface area contributed by atoms with Crippen molar-refractivity contribution < 1.29 is 8.78 Å². The number of fused-ring (bicyclic) bond motifs is 1. The van der Waals surface area contributed by atoms with Crippen LogP contribution in [0.4, 0.5) is 20.3 Å². The average Bonchev–Trinajstić information content (AvgIpc) is 2.79. The summed E-state index contributed by atoms with van der Waals surface area (Å²) in [5, 5.41) is 0.312. The third-order valence-corrected chi connectivity index (χ3v) is 3.57. The van der Waals surface area contributed by atoms with Crippen LogP contribution >= 0.6 is 23.2 Å². The lowest BCUT2D eigenvalue weighted by molar-refractivity contribution is 0.00780. The van der Waals surface area contributed by atoms with Crippen molar-refractivity contribution in [3.63, 3.8) is 0 Å². The van der Waals surface area contributed by atoms with E-state index in [0.717, 1.165) is 24.6 Å². The average molecular weight is 331 g/mol. The minimum Gasteiger partial charge on any atom is -0.325 e. The molecule has 0 atom stereocenters. The van der Waals surface area contributed by atoms with Crippen LogP contribution in [-0.2, 0) is 12.3 Å². The molecular weight excluding hydrogens is 321 g/mol. The Morgan fingerprint density at radius 3 is 2.67 bits per heavy atom. The van der Waals surface area contributed by atoms with Gasteiger partial charge in [0, 0.05) is 25.7 Å². The van der Waals surface area contributed by atoms with E-state index >= 15 is 0 Å². The van der Waals surface area contributed by atoms with Crippen LogP contribution in [0, 0.1) is 0 Å². The molecule has 0 unspecified atom stereocenters. The maximum absolute atomic E-state index is 13.4. The van der Waals surface area contributed by atoms with Gasteiger partial charge < -0.3 is 4.90 Å². The SMILES string of the molecule is CC(F)(F)c1nc(Cl)cc(N2CCc3cnc(Cl)cc32)n1. The first kappa shape index (κ1) is 14.4. The molecule has 0 fully saturated rings. The summed E-state index contributed by atoms with van der Waals surface area (Å²) in [5.41, 5.74) is 1.79. The number of rotatable bonds is 2. The first-order chi connectivity index (χ1) is 9.84. The molecule has 0 N–H and O–H groups in total. The minimum absolute atomic E-state index is 0.0230. The maximum atomic E-state index is 13.4. The molecule has 0 aliphatic carbocycles. The lowest BCUT2D eigenvalue weighted by Crippen LogP contribution is -2.19. The number of aromatic nitrogens is 3. The van der Waals surface area contributed by atoms with Crippen molar-refractivity contribution in [3.8, 4) is 0 Å². The van der Waals surface area contributed by atoms with Crippen LogP contribution in [-0.4, -0.2) is 21.5 Å². The molecule has 0 saturated carbocycles. The number of pyridine rings is 1. The van der Waals surface area contributed by atoms with Gasteiger partial charge in [-0.05, 0) is 18.1 Å². The van der Waals surface area contributed by atoms with Gasteiger partial charge in [-0.3, -0.25) is 0 Å². The number of alkyl halides is 2. The molecule has 0 amide bonds. The standard InChI is InChI=1S/C13H10Cl2F2N4/c1-13(16,17)12-19-10(15)5-11(20-12)21-3-2-7-6-18-9(14)4-8(7)21/h4-6H,2-3H2,1H3. The molecule has 2 aromatic heterocycles. The maximum Gasteiger partial charge on any atom is 0.303 e. The summed E-state index contributed by atoms with van der Waals surface area (Å²) < 4.78 is 26.9. The number of hydrogen-bond donors (Lipinski definition) is 0. The molecule has 3 heterocycles. The van der Waals surface area contributed by atoms with E-state index in [1.165, 1.54) is 6.07 Å². The summed E-state index contributed by atoms with van der Waals surface area (Å²) in [5.74, 6) is -3.43. The highest BCUT2D eigenvalue weighted by molar-refractivity contribution is 6.30. The van der Waals surface area contributed by atoms with Crippen molar-refractivity contribution >= 4 is 34.7 Å². The molecule has 0 saturated heterocycles. The predicted molar refractivity (Wildman–Crippen MR) is 76.6 cm³/mol. The zero-order valence-electron chi connectivity index (χ0n) is 10.9. The monoisotopic (exact) mass is 330 g/mol. The molecule has 8 heteroatoms. The Kier molecular flexibility index (Phi) is 3.45. The molecule has 0 radical (unpaired) electrons. The highest BCUT2D eigenvalue weighted by Crippen LogP contribution is 2.36. The lowest BCUT2D eigenvalue weighted by atomic mass is 10.2. The molecule has 21 heavy (non-hydrogen) atoms. The van der Waals surface area contributed by atoms with Gasteiger partial charge in [-0.2, -0.15) is 8.78 Å². The van der Waals surface area contributed by atoms with Crippen LogP contribution in [0.3, 0.4) is 0 Å². The van der Waals surface area contributed by atoms with E-state index in [4.69, 9.17) is 23.2 Å². The lowest BCUT2D eigenvalue weighted by Gasteiger charge is -2.20. The van der Waals surface area contributed by atoms with E-state index in [1.54, 1.807) is 17.2 Å². The Bertz CT molecular complexity index is 703. The fourth-order valence-corrected chi connectivity index (χ4v) is 2.55. The smallest absolute Gasteiger partial charge is 0.303 e. The van der Waals surface area contributed by atoms with Crippen molar-refractivity contribution in [2.45, 2.75) is 19.3 Å². The fraction of sp³-hybridized carbons (Fsp3) is 0.308. The van der Waals surface area contributed by atoms with Crippen molar-refractivity contribution in [1.29, 1.82) is 0 Å². The predicted octanol–water partition coefficient (Wildman–Crippen LogP) is 3.98. The summed E-state index contributed by atoms with van der Waals surface area (Å²) >= 11 is 11.7. The van der Waals surface area contributed by atoms with Gasteiger partial charge in [0.15, 0.2) is 0 Å². The van der Waals surface area contributed by atoms with E-state index in [-0.39, 0.29) is 5.15 Å². The Morgan fingerprint density at radius 1 is 1.19 bits per heavy atom. The first-order valence-corrected chi connectivity index (χ1v) is 6.95. The van der Waals surface area contributed by atoms with Crippen LogP contribution in [0.15, 0.2) is 18.3 Å². The zero-order chi connectivity index (χ0) is 15.2. The van der Waals surface area contributed by atoms with Gasteiger partial charge in [-0.15, -0.1) is 0 Å². The normalized spacial score (nSPS) is 14.4. The van der Waals surface area contributed by atoms with Gasteiger partial charge in [-0.25, -0.2) is 15.0 Å². The summed E-state index contributed by atoms with van der Waals surface area (Å²) in [7, 11) is 0. The summed E-state index contributed by atoms with van der Waals surface area (Å²) in [4.78, 5) is 13.3. The quantitative estimate of drug-likeness (QED) is 0.616. The van der Waals surface area contributed by atoms with Gasteiger partial charge in [0.2, 0.25) is 5.82 Å². The van der Waals surface area contributed by atoms with Crippen molar-refractivity contribution in [1.82, 2.24) is 15.0 Å². The zero-order valence-corrected chi connectivity index (χ0v) is 12.5. The van der Waals surface area contributed by atoms with Gasteiger partial charge in [0.05, 0.1) is 5.69 Å². The molecule has 0 spiro atoms. The van der Waals surface area contributed by atoms with Gasteiger partial charge >= 0.3 is 5.92 Å². The molecular formula is C13H10Cl2F2N4. The molecule has 3 rings (SSSR count). The largest absolute Gasteiger partial charge is 0.325 e. The fourth-order valence-electron chi connectivity index (χ4n) is 2.22. The van der Waals surface area contributed by atoms with Crippen molar-refractivity contribution in [2.75, 3.05) is 11.4 Å². The summed E-state index contributed by atoms with van der Waals surface area (Å²) in [6, 6.07) is 3.14. The Morgan fingerprint density at radius 2 is 1.95 bits per heavy atom. The van der Waals surface area contributed by atoms with Crippen LogP contribution < -0.4 is 4.90 Å². The summed E-state index contributed by atoms with van der Waals surface area (Å²) in [6.07, 6.45) is 2.41. The Hall–Kier alpha value is -1.53. The molecule has 4 nitrogen and oxygen atoms in total. The highest BCUT2D eigenvalue weighted by Gasteiger charge is 2.31. The van der Waals surface area contributed by atoms with Crippen LogP contribution in [0.2, 0.25) is 10.3 Å². The van der Waals surface area contributed by atoms with E-state index in [0.29, 0.717) is 17.5 Å². The second-order valence-electron chi connectivity index (χ2n) is 4.80. The molecule has 110 valence electrons. The van der Waals surface area contributed by atoms with Crippen molar-refractivity contribution in [3.05, 3.63) is 40.0 Å². The molecule has 2 aromatic rings. The van der Waals surface area contributed by atoms with Gasteiger partial charge in [0.1, 0.15) is 16.1 Å². The van der Waals surface area contributed by atoms with Crippen molar-refractivity contribution in [2.24, 2.45) is 0 Å². The molecule has 0 aromatic carbocycles. The topological polar surface area (TPSA) is 41.9 Å². The second-order valence-corrected chi connectivity index (χ2v) is 5.57. The number of halogens is 4. The highest BCUT2D eigenvalue weighted by atomic mass is 35.5. The number of nitrogens with zero attached hydrogens (tertiary/aromatic N) is 4. The number of hydrogen-bond acceptors (Lipinski definition) is 4. The Labute approximate surface area is 129 Å². The van der Waals surface area contributed by atoms with E-state index < -0.39 is 11.7 Å². The van der Waals surface area contributed by atoms with Crippen LogP contribution in [0.1, 0.15) is 18.3 Å². The Balaban J connectivity index is 2.07. The van der Waals surface area contributed by atoms with Crippen LogP contribution in [0.5, 0.6) is 0 Å². The minimum atomic E-state index is -3.15. The second kappa shape index (κ2) is 5.03. The third kappa shape index (κ3) is 2.78. The molecule has 1 aliphatic heterocycles. The third-order valence-electron chi connectivity index (χ3n) is 3.17. The molecule has 1 aliphatic rings. The first-order valence-electron chi connectivity index (χ1n) is 6.19. The van der Waals surface area contributed by atoms with Crippen LogP contribution in [0.25, 0.3) is 0 Å². The van der Waals surface area contributed by atoms with E-state index in [1.807, 2.05) is 0 Å². The van der Waals surface area contributed by atoms with Gasteiger partial charge in [-0.1, -0.05) is 23.2 Å².